The minimum absolute atomic E-state index is 0.0448. The van der Waals surface area contributed by atoms with Gasteiger partial charge < -0.3 is 31.0 Å². The predicted octanol–water partition coefficient (Wildman–Crippen LogP) is 3.11. The molecule has 3 aromatic rings. The number of nitrogens with two attached hydrogens (primary N) is 1. The number of ether oxygens (including phenoxy) is 1. The average Bonchev–Trinajstić information content (AvgIpc) is 3.16. The first-order valence-electron chi connectivity index (χ1n) is 11.0. The highest BCUT2D eigenvalue weighted by atomic mass is 16.5. The second kappa shape index (κ2) is 11.3. The van der Waals surface area contributed by atoms with Crippen LogP contribution in [0.3, 0.4) is 0 Å². The summed E-state index contributed by atoms with van der Waals surface area (Å²) in [5.74, 6) is -2.75. The molecule has 0 radical (unpaired) electrons. The predicted molar refractivity (Wildman–Crippen MR) is 128 cm³/mol. The van der Waals surface area contributed by atoms with Crippen LogP contribution >= 0.6 is 0 Å². The Balaban J connectivity index is 0.000000481. The van der Waals surface area contributed by atoms with Gasteiger partial charge in [-0.25, -0.2) is 9.59 Å². The average molecular weight is 468 g/mol. The van der Waals surface area contributed by atoms with Gasteiger partial charge in [0.1, 0.15) is 5.75 Å². The molecular formula is C25H29N3O6. The molecule has 1 unspecified atom stereocenters. The van der Waals surface area contributed by atoms with E-state index in [2.05, 4.69) is 22.4 Å². The quantitative estimate of drug-likeness (QED) is 0.349. The van der Waals surface area contributed by atoms with Gasteiger partial charge in [-0.1, -0.05) is 12.1 Å². The summed E-state index contributed by atoms with van der Waals surface area (Å²) < 4.78 is 5.25. The number of nitrogens with one attached hydrogen (secondary N) is 2. The van der Waals surface area contributed by atoms with Crippen molar-refractivity contribution in [3.05, 3.63) is 59.3 Å². The first-order valence-corrected chi connectivity index (χ1v) is 11.0. The number of aryl methyl sites for hydroxylation is 2. The van der Waals surface area contributed by atoms with Gasteiger partial charge in [-0.2, -0.15) is 0 Å². The van der Waals surface area contributed by atoms with Crippen molar-refractivity contribution in [1.82, 2.24) is 4.98 Å². The number of aromatic nitrogens is 1. The van der Waals surface area contributed by atoms with E-state index in [1.54, 1.807) is 7.11 Å². The number of aromatic amines is 1. The van der Waals surface area contributed by atoms with E-state index in [9.17, 15) is 4.79 Å². The van der Waals surface area contributed by atoms with Crippen molar-refractivity contribution in [3.63, 3.8) is 0 Å². The molecule has 9 nitrogen and oxygen atoms in total. The van der Waals surface area contributed by atoms with E-state index in [4.69, 9.17) is 30.3 Å². The highest BCUT2D eigenvalue weighted by Crippen LogP contribution is 2.30. The Labute approximate surface area is 196 Å². The molecular weight excluding hydrogens is 438 g/mol. The fourth-order valence-corrected chi connectivity index (χ4v) is 4.03. The lowest BCUT2D eigenvalue weighted by molar-refractivity contribution is -0.159. The van der Waals surface area contributed by atoms with Crippen molar-refractivity contribution in [2.24, 2.45) is 5.73 Å². The number of aliphatic carboxylic acids is 2. The number of methoxy groups -OCH3 is 1. The molecule has 1 heterocycles. The van der Waals surface area contributed by atoms with Gasteiger partial charge in [0.25, 0.3) is 0 Å². The summed E-state index contributed by atoms with van der Waals surface area (Å²) in [5, 5.41) is 19.0. The lowest BCUT2D eigenvalue weighted by Gasteiger charge is -2.18. The van der Waals surface area contributed by atoms with E-state index in [0.29, 0.717) is 6.42 Å². The number of hydrogen-bond acceptors (Lipinski definition) is 5. The summed E-state index contributed by atoms with van der Waals surface area (Å²) in [6.45, 7) is 0. The SMILES string of the molecule is COc1cccc(CCCC(=O)Nc2ccc3[nH]c4c(c3c2)CC(N)CC4)c1.O=C(O)C(=O)O. The first kappa shape index (κ1) is 24.8. The Hall–Kier alpha value is -3.85. The number of carboxylic acid groups (broad SMARTS) is 2. The summed E-state index contributed by atoms with van der Waals surface area (Å²) in [5.41, 5.74) is 11.9. The highest BCUT2D eigenvalue weighted by Gasteiger charge is 2.20. The van der Waals surface area contributed by atoms with Crippen molar-refractivity contribution < 1.29 is 29.3 Å². The Morgan fingerprint density at radius 3 is 2.62 bits per heavy atom. The molecule has 1 aromatic heterocycles. The van der Waals surface area contributed by atoms with Gasteiger partial charge in [0.2, 0.25) is 5.91 Å². The summed E-state index contributed by atoms with van der Waals surface area (Å²) in [7, 11) is 1.67. The van der Waals surface area contributed by atoms with Gasteiger partial charge in [0.05, 0.1) is 7.11 Å². The zero-order valence-corrected chi connectivity index (χ0v) is 19.0. The van der Waals surface area contributed by atoms with Gasteiger partial charge in [-0.05, 0) is 73.6 Å². The molecule has 9 heteroatoms. The lowest BCUT2D eigenvalue weighted by atomic mass is 9.92. The number of carbonyl (C=O) groups is 3. The minimum Gasteiger partial charge on any atom is -0.497 e. The second-order valence-electron chi connectivity index (χ2n) is 8.21. The van der Waals surface area contributed by atoms with Crippen LogP contribution in [-0.4, -0.2) is 46.2 Å². The third kappa shape index (κ3) is 6.58. The molecule has 0 saturated heterocycles. The molecule has 2 aromatic carbocycles. The van der Waals surface area contributed by atoms with Crippen LogP contribution in [0.2, 0.25) is 0 Å². The van der Waals surface area contributed by atoms with E-state index >= 15 is 0 Å². The van der Waals surface area contributed by atoms with E-state index in [0.717, 1.165) is 49.1 Å². The van der Waals surface area contributed by atoms with Crippen LogP contribution in [0.5, 0.6) is 5.75 Å². The Kier molecular flexibility index (Phi) is 8.26. The molecule has 0 saturated carbocycles. The van der Waals surface area contributed by atoms with Gasteiger partial charge in [0.15, 0.2) is 0 Å². The van der Waals surface area contributed by atoms with Crippen molar-refractivity contribution in [2.75, 3.05) is 12.4 Å². The third-order valence-corrected chi connectivity index (χ3v) is 5.70. The monoisotopic (exact) mass is 467 g/mol. The standard InChI is InChI=1S/C23H27N3O2.C2H2O4/c1-28-18-6-2-4-15(12-18)5-3-7-23(27)25-17-9-11-22-20(14-17)19-13-16(24)8-10-21(19)26-22;3-1(4)2(5)6/h2,4,6,9,11-12,14,16,26H,3,5,7-8,10,13,24H2,1H3,(H,25,27);(H,3,4)(H,5,6). The zero-order valence-electron chi connectivity index (χ0n) is 19.0. The number of benzene rings is 2. The second-order valence-corrected chi connectivity index (χ2v) is 8.21. The van der Waals surface area contributed by atoms with Gasteiger partial charge in [0, 0.05) is 34.7 Å². The Morgan fingerprint density at radius 2 is 1.91 bits per heavy atom. The number of carboxylic acids is 2. The van der Waals surface area contributed by atoms with Crippen LogP contribution in [0.4, 0.5) is 5.69 Å². The Bertz CT molecular complexity index is 1170. The molecule has 0 spiro atoms. The van der Waals surface area contributed by atoms with E-state index in [-0.39, 0.29) is 11.9 Å². The fourth-order valence-electron chi connectivity index (χ4n) is 4.03. The molecule has 0 fully saturated rings. The van der Waals surface area contributed by atoms with Crippen molar-refractivity contribution >= 4 is 34.4 Å². The zero-order chi connectivity index (χ0) is 24.7. The van der Waals surface area contributed by atoms with Crippen molar-refractivity contribution in [2.45, 2.75) is 44.6 Å². The molecule has 1 aliphatic carbocycles. The molecule has 1 atom stereocenters. The maximum atomic E-state index is 12.4. The molecule has 6 N–H and O–H groups in total. The summed E-state index contributed by atoms with van der Waals surface area (Å²) in [6, 6.07) is 14.3. The first-order chi connectivity index (χ1) is 16.3. The molecule has 180 valence electrons. The van der Waals surface area contributed by atoms with Crippen molar-refractivity contribution in [1.29, 1.82) is 0 Å². The highest BCUT2D eigenvalue weighted by molar-refractivity contribution is 6.27. The van der Waals surface area contributed by atoms with Crippen LogP contribution < -0.4 is 15.8 Å². The van der Waals surface area contributed by atoms with Crippen LogP contribution in [0.15, 0.2) is 42.5 Å². The number of H-pyrrole nitrogens is 1. The van der Waals surface area contributed by atoms with Gasteiger partial charge in [-0.15, -0.1) is 0 Å². The number of anilines is 1. The molecule has 1 aliphatic rings. The summed E-state index contributed by atoms with van der Waals surface area (Å²) in [6.07, 6.45) is 5.06. The molecule has 34 heavy (non-hydrogen) atoms. The van der Waals surface area contributed by atoms with Crippen LogP contribution in [0.25, 0.3) is 10.9 Å². The molecule has 1 amide bonds. The van der Waals surface area contributed by atoms with E-state index < -0.39 is 11.9 Å². The maximum absolute atomic E-state index is 12.4. The Morgan fingerprint density at radius 1 is 1.15 bits per heavy atom. The van der Waals surface area contributed by atoms with Gasteiger partial charge in [-0.3, -0.25) is 4.79 Å². The molecule has 0 bridgehead atoms. The third-order valence-electron chi connectivity index (χ3n) is 5.70. The number of amides is 1. The largest absolute Gasteiger partial charge is 0.497 e. The van der Waals surface area contributed by atoms with Crippen molar-refractivity contribution in [3.8, 4) is 5.75 Å². The normalized spacial score (nSPS) is 14.5. The van der Waals surface area contributed by atoms with E-state index in [1.807, 2.05) is 30.3 Å². The van der Waals surface area contributed by atoms with Crippen LogP contribution in [-0.2, 0) is 33.6 Å². The summed E-state index contributed by atoms with van der Waals surface area (Å²) >= 11 is 0. The number of fused-ring (bicyclic) bond motifs is 3. The topological polar surface area (TPSA) is 155 Å². The van der Waals surface area contributed by atoms with Gasteiger partial charge >= 0.3 is 11.9 Å². The molecule has 0 aliphatic heterocycles. The minimum atomic E-state index is -1.82. The van der Waals surface area contributed by atoms with Crippen LogP contribution in [0, 0.1) is 0 Å². The fraction of sp³-hybridized carbons (Fsp3) is 0.320. The number of rotatable bonds is 6. The van der Waals surface area contributed by atoms with Crippen LogP contribution in [0.1, 0.15) is 36.1 Å². The lowest BCUT2D eigenvalue weighted by Crippen LogP contribution is -2.27. The number of carbonyl (C=O) groups excluding carboxylic acids is 1. The molecule has 4 rings (SSSR count). The maximum Gasteiger partial charge on any atom is 0.414 e. The summed E-state index contributed by atoms with van der Waals surface area (Å²) in [4.78, 5) is 34.1. The number of hydrogen-bond donors (Lipinski definition) is 5. The van der Waals surface area contributed by atoms with E-state index in [1.165, 1.54) is 22.2 Å². The smallest absolute Gasteiger partial charge is 0.414 e.